The van der Waals surface area contributed by atoms with Gasteiger partial charge < -0.3 is 14.8 Å². The molecule has 1 heterocycles. The SMILES string of the molecule is CC(C)(C)OC(=O)CN1C/C=C/CCC(=O)NC(c2ccccc2)COC1=O. The molecule has 0 aliphatic carbocycles. The van der Waals surface area contributed by atoms with Crippen molar-refractivity contribution in [2.45, 2.75) is 45.3 Å². The van der Waals surface area contributed by atoms with Crippen LogP contribution in [0.25, 0.3) is 0 Å². The monoisotopic (exact) mass is 388 g/mol. The second kappa shape index (κ2) is 9.92. The topological polar surface area (TPSA) is 84.9 Å². The summed E-state index contributed by atoms with van der Waals surface area (Å²) in [6, 6.07) is 8.87. The van der Waals surface area contributed by atoms with E-state index in [1.807, 2.05) is 36.4 Å². The molecule has 152 valence electrons. The van der Waals surface area contributed by atoms with Crippen LogP contribution in [0.3, 0.4) is 0 Å². The number of nitrogens with one attached hydrogen (secondary N) is 1. The summed E-state index contributed by atoms with van der Waals surface area (Å²) in [6.45, 7) is 5.29. The van der Waals surface area contributed by atoms with E-state index in [-0.39, 0.29) is 25.6 Å². The fourth-order valence-corrected chi connectivity index (χ4v) is 2.69. The first-order valence-corrected chi connectivity index (χ1v) is 9.37. The Bertz CT molecular complexity index is 709. The van der Waals surface area contributed by atoms with Gasteiger partial charge in [-0.3, -0.25) is 14.5 Å². The maximum Gasteiger partial charge on any atom is 0.410 e. The molecular formula is C21H28N2O5. The molecule has 2 rings (SSSR count). The Morgan fingerprint density at radius 2 is 1.93 bits per heavy atom. The van der Waals surface area contributed by atoms with Crippen molar-refractivity contribution in [3.05, 3.63) is 48.0 Å². The molecule has 1 N–H and O–H groups in total. The summed E-state index contributed by atoms with van der Waals surface area (Å²) in [7, 11) is 0. The van der Waals surface area contributed by atoms with E-state index in [0.717, 1.165) is 5.56 Å². The van der Waals surface area contributed by atoms with Crippen LogP contribution in [0, 0.1) is 0 Å². The van der Waals surface area contributed by atoms with E-state index in [4.69, 9.17) is 9.47 Å². The van der Waals surface area contributed by atoms with Gasteiger partial charge in [0, 0.05) is 13.0 Å². The van der Waals surface area contributed by atoms with Crippen LogP contribution in [0.15, 0.2) is 42.5 Å². The second-order valence-corrected chi connectivity index (χ2v) is 7.58. The molecule has 7 heteroatoms. The van der Waals surface area contributed by atoms with E-state index in [2.05, 4.69) is 5.32 Å². The Morgan fingerprint density at radius 3 is 2.61 bits per heavy atom. The molecule has 1 aliphatic heterocycles. The van der Waals surface area contributed by atoms with Gasteiger partial charge in [0.05, 0.1) is 6.04 Å². The van der Waals surface area contributed by atoms with Gasteiger partial charge in [0.25, 0.3) is 0 Å². The lowest BCUT2D eigenvalue weighted by atomic mass is 10.1. The zero-order valence-corrected chi connectivity index (χ0v) is 16.6. The normalized spacial score (nSPS) is 20.2. The van der Waals surface area contributed by atoms with Gasteiger partial charge in [0.15, 0.2) is 0 Å². The number of nitrogens with zero attached hydrogens (tertiary/aromatic N) is 1. The summed E-state index contributed by atoms with van der Waals surface area (Å²) in [6.07, 6.45) is 3.80. The molecule has 1 aromatic carbocycles. The number of hydrogen-bond donors (Lipinski definition) is 1. The highest BCUT2D eigenvalue weighted by Gasteiger charge is 2.24. The zero-order chi connectivity index (χ0) is 20.6. The molecule has 0 fully saturated rings. The second-order valence-electron chi connectivity index (χ2n) is 7.58. The molecule has 0 spiro atoms. The molecule has 1 unspecified atom stereocenters. The van der Waals surface area contributed by atoms with Gasteiger partial charge in [-0.1, -0.05) is 42.5 Å². The largest absolute Gasteiger partial charge is 0.459 e. The average Bonchev–Trinajstić information content (AvgIpc) is 2.62. The maximum atomic E-state index is 12.5. The van der Waals surface area contributed by atoms with Crippen molar-refractivity contribution < 1.29 is 23.9 Å². The number of allylic oxidation sites excluding steroid dienone is 1. The number of amides is 2. The number of ether oxygens (including phenoxy) is 2. The van der Waals surface area contributed by atoms with Gasteiger partial charge in [-0.05, 0) is 32.8 Å². The Kier molecular flexibility index (Phi) is 7.61. The van der Waals surface area contributed by atoms with E-state index in [0.29, 0.717) is 12.8 Å². The van der Waals surface area contributed by atoms with E-state index in [1.165, 1.54) is 4.90 Å². The standard InChI is InChI=1S/C21H28N2O5/c1-21(2,3)28-19(25)14-23-13-9-5-8-12-18(24)22-17(15-27-20(23)26)16-10-6-4-7-11-16/h4-7,9-11,17H,8,12-15H2,1-3H3,(H,22,24)/b9-5+. The van der Waals surface area contributed by atoms with Crippen LogP contribution < -0.4 is 5.32 Å². The van der Waals surface area contributed by atoms with Gasteiger partial charge in [-0.25, -0.2) is 4.79 Å². The Hall–Kier alpha value is -2.83. The number of esters is 1. The smallest absolute Gasteiger partial charge is 0.410 e. The van der Waals surface area contributed by atoms with Crippen LogP contribution in [0.4, 0.5) is 4.79 Å². The molecule has 1 aromatic rings. The summed E-state index contributed by atoms with van der Waals surface area (Å²) in [5, 5.41) is 2.90. The molecule has 0 radical (unpaired) electrons. The van der Waals surface area contributed by atoms with Crippen LogP contribution in [-0.4, -0.2) is 48.2 Å². The van der Waals surface area contributed by atoms with Crippen LogP contribution in [0.2, 0.25) is 0 Å². The minimum Gasteiger partial charge on any atom is -0.459 e. The van der Waals surface area contributed by atoms with Crippen LogP contribution in [0.5, 0.6) is 0 Å². The summed E-state index contributed by atoms with van der Waals surface area (Å²) in [5.41, 5.74) is 0.210. The van der Waals surface area contributed by atoms with Crippen LogP contribution in [-0.2, 0) is 19.1 Å². The van der Waals surface area contributed by atoms with Crippen LogP contribution in [0.1, 0.15) is 45.2 Å². The average molecular weight is 388 g/mol. The third-order valence-corrected chi connectivity index (χ3v) is 3.94. The number of benzene rings is 1. The summed E-state index contributed by atoms with van der Waals surface area (Å²) >= 11 is 0. The predicted molar refractivity (Wildman–Crippen MR) is 104 cm³/mol. The van der Waals surface area contributed by atoms with Crippen molar-refractivity contribution in [2.75, 3.05) is 19.7 Å². The Morgan fingerprint density at radius 1 is 1.21 bits per heavy atom. The van der Waals surface area contributed by atoms with Crippen molar-refractivity contribution in [2.24, 2.45) is 0 Å². The third kappa shape index (κ3) is 7.42. The third-order valence-electron chi connectivity index (χ3n) is 3.94. The fourth-order valence-electron chi connectivity index (χ4n) is 2.69. The van der Waals surface area contributed by atoms with E-state index in [1.54, 1.807) is 26.8 Å². The molecule has 1 atom stereocenters. The Balaban J connectivity index is 2.11. The first-order valence-electron chi connectivity index (χ1n) is 9.37. The molecular weight excluding hydrogens is 360 g/mol. The number of rotatable bonds is 3. The highest BCUT2D eigenvalue weighted by Crippen LogP contribution is 2.15. The van der Waals surface area contributed by atoms with E-state index >= 15 is 0 Å². The lowest BCUT2D eigenvalue weighted by Crippen LogP contribution is -2.40. The predicted octanol–water partition coefficient (Wildman–Crippen LogP) is 2.97. The van der Waals surface area contributed by atoms with Gasteiger partial charge in [0.2, 0.25) is 5.91 Å². The minimum absolute atomic E-state index is 0.0247. The minimum atomic E-state index is -0.633. The molecule has 28 heavy (non-hydrogen) atoms. The molecule has 7 nitrogen and oxygen atoms in total. The zero-order valence-electron chi connectivity index (χ0n) is 16.6. The van der Waals surface area contributed by atoms with Gasteiger partial charge >= 0.3 is 12.1 Å². The van der Waals surface area contributed by atoms with Crippen molar-refractivity contribution >= 4 is 18.0 Å². The van der Waals surface area contributed by atoms with Crippen LogP contribution >= 0.6 is 0 Å². The molecule has 0 saturated heterocycles. The first kappa shape index (κ1) is 21.5. The maximum absolute atomic E-state index is 12.5. The number of hydrogen-bond acceptors (Lipinski definition) is 5. The lowest BCUT2D eigenvalue weighted by molar-refractivity contribution is -0.155. The summed E-state index contributed by atoms with van der Waals surface area (Å²) < 4.78 is 10.7. The van der Waals surface area contributed by atoms with Crippen molar-refractivity contribution in [3.63, 3.8) is 0 Å². The number of carbonyl (C=O) groups is 3. The summed E-state index contributed by atoms with van der Waals surface area (Å²) in [5.74, 6) is -0.612. The van der Waals surface area contributed by atoms with Gasteiger partial charge in [-0.2, -0.15) is 0 Å². The highest BCUT2D eigenvalue weighted by molar-refractivity contribution is 5.79. The summed E-state index contributed by atoms with van der Waals surface area (Å²) in [4.78, 5) is 38.1. The van der Waals surface area contributed by atoms with E-state index in [9.17, 15) is 14.4 Å². The molecule has 0 saturated carbocycles. The quantitative estimate of drug-likeness (QED) is 0.636. The van der Waals surface area contributed by atoms with Gasteiger partial charge in [0.1, 0.15) is 18.8 Å². The molecule has 2 amide bonds. The lowest BCUT2D eigenvalue weighted by Gasteiger charge is -2.25. The molecule has 0 bridgehead atoms. The number of cyclic esters (lactones) is 1. The highest BCUT2D eigenvalue weighted by atomic mass is 16.6. The molecule has 0 aromatic heterocycles. The first-order chi connectivity index (χ1) is 13.2. The van der Waals surface area contributed by atoms with Crippen molar-refractivity contribution in [1.82, 2.24) is 10.2 Å². The van der Waals surface area contributed by atoms with Gasteiger partial charge in [-0.15, -0.1) is 0 Å². The van der Waals surface area contributed by atoms with Crippen molar-refractivity contribution in [3.8, 4) is 0 Å². The Labute approximate surface area is 165 Å². The van der Waals surface area contributed by atoms with E-state index < -0.39 is 23.7 Å². The van der Waals surface area contributed by atoms with Crippen molar-refractivity contribution in [1.29, 1.82) is 0 Å². The molecule has 1 aliphatic rings. The number of carbonyl (C=O) groups excluding carboxylic acids is 3. The fraction of sp³-hybridized carbons (Fsp3) is 0.476.